The molecule has 1 unspecified atom stereocenters. The summed E-state index contributed by atoms with van der Waals surface area (Å²) in [6, 6.07) is 24.5. The Morgan fingerprint density at radius 1 is 0.829 bits per heavy atom. The number of thiazole rings is 1. The highest BCUT2D eigenvalue weighted by atomic mass is 32.2. The summed E-state index contributed by atoms with van der Waals surface area (Å²) in [5.74, 6) is -0.108. The second kappa shape index (κ2) is 11.2. The van der Waals surface area contributed by atoms with E-state index in [-0.39, 0.29) is 17.2 Å². The van der Waals surface area contributed by atoms with Gasteiger partial charge in [0.15, 0.2) is 5.13 Å². The number of nitrogens with one attached hydrogen (secondary N) is 3. The first kappa shape index (κ1) is 24.5. The van der Waals surface area contributed by atoms with Crippen molar-refractivity contribution in [2.45, 2.75) is 30.9 Å². The fraction of sp³-hybridized carbons (Fsp3) is 0.148. The first-order valence-electron chi connectivity index (χ1n) is 11.1. The number of aromatic nitrogens is 1. The van der Waals surface area contributed by atoms with Crippen LogP contribution in [0.15, 0.2) is 83.8 Å². The van der Waals surface area contributed by atoms with Crippen LogP contribution in [0.25, 0.3) is 11.3 Å². The molecule has 1 aromatic heterocycles. The van der Waals surface area contributed by atoms with E-state index < -0.39 is 0 Å². The molecule has 0 aliphatic carbocycles. The number of carbonyl (C=O) groups excluding carboxylic acids is 2. The summed E-state index contributed by atoms with van der Waals surface area (Å²) in [5.41, 5.74) is 4.52. The molecule has 0 radical (unpaired) electrons. The summed E-state index contributed by atoms with van der Waals surface area (Å²) < 4.78 is 0. The Balaban J connectivity index is 1.31. The number of benzene rings is 3. The largest absolute Gasteiger partial charge is 0.323 e. The molecule has 1 atom stereocenters. The van der Waals surface area contributed by atoms with Crippen LogP contribution in [0.1, 0.15) is 17.4 Å². The molecule has 6 nitrogen and oxygen atoms in total. The number of hydrogen-bond acceptors (Lipinski definition) is 5. The van der Waals surface area contributed by atoms with Crippen molar-refractivity contribution in [2.24, 2.45) is 0 Å². The van der Waals surface area contributed by atoms with Crippen LogP contribution in [0.3, 0.4) is 0 Å². The average molecular weight is 503 g/mol. The van der Waals surface area contributed by atoms with Gasteiger partial charge in [-0.05, 0) is 57.2 Å². The van der Waals surface area contributed by atoms with Crippen molar-refractivity contribution >= 4 is 51.5 Å². The fourth-order valence-electron chi connectivity index (χ4n) is 3.33. The molecule has 0 bridgehead atoms. The number of nitrogens with zero attached hydrogens (tertiary/aromatic N) is 1. The molecule has 0 fully saturated rings. The Labute approximate surface area is 213 Å². The molecule has 0 saturated carbocycles. The zero-order valence-electron chi connectivity index (χ0n) is 19.7. The van der Waals surface area contributed by atoms with Gasteiger partial charge < -0.3 is 16.0 Å². The summed E-state index contributed by atoms with van der Waals surface area (Å²) in [6.07, 6.45) is 0. The molecular formula is C27H26N4O2S2. The SMILES string of the molecule is Cc1ccc(-c2nc(NC(=O)C(C)Sc3ccc(NC(=O)Nc4ccccc4)cc3)sc2C)cc1. The molecule has 0 aliphatic rings. The van der Waals surface area contributed by atoms with Crippen molar-refractivity contribution in [1.82, 2.24) is 4.98 Å². The molecule has 178 valence electrons. The maximum atomic E-state index is 12.8. The van der Waals surface area contributed by atoms with Crippen LogP contribution < -0.4 is 16.0 Å². The monoisotopic (exact) mass is 502 g/mol. The summed E-state index contributed by atoms with van der Waals surface area (Å²) in [6.45, 7) is 5.92. The molecule has 3 N–H and O–H groups in total. The van der Waals surface area contributed by atoms with Gasteiger partial charge in [-0.2, -0.15) is 0 Å². The van der Waals surface area contributed by atoms with Gasteiger partial charge in [0.2, 0.25) is 5.91 Å². The van der Waals surface area contributed by atoms with Gasteiger partial charge in [-0.25, -0.2) is 9.78 Å². The number of rotatable bonds is 7. The summed E-state index contributed by atoms with van der Waals surface area (Å²) >= 11 is 2.92. The maximum absolute atomic E-state index is 12.8. The van der Waals surface area contributed by atoms with Gasteiger partial charge in [-0.1, -0.05) is 48.0 Å². The van der Waals surface area contributed by atoms with E-state index >= 15 is 0 Å². The van der Waals surface area contributed by atoms with E-state index in [2.05, 4.69) is 40.0 Å². The lowest BCUT2D eigenvalue weighted by molar-refractivity contribution is -0.115. The van der Waals surface area contributed by atoms with E-state index in [1.807, 2.05) is 80.6 Å². The van der Waals surface area contributed by atoms with E-state index in [1.165, 1.54) is 28.7 Å². The standard InChI is InChI=1S/C27H26N4O2S2/c1-17-9-11-20(12-10-17)24-18(2)35-27(30-24)31-25(32)19(3)34-23-15-13-22(14-16-23)29-26(33)28-21-7-5-4-6-8-21/h4-16,19H,1-3H3,(H2,28,29,33)(H,30,31,32). The van der Waals surface area contributed by atoms with Crippen LogP contribution in [0, 0.1) is 13.8 Å². The number of urea groups is 1. The fourth-order valence-corrected chi connectivity index (χ4v) is 5.03. The molecular weight excluding hydrogens is 476 g/mol. The first-order chi connectivity index (χ1) is 16.9. The minimum absolute atomic E-state index is 0.108. The third-order valence-electron chi connectivity index (χ3n) is 5.18. The van der Waals surface area contributed by atoms with Crippen molar-refractivity contribution in [3.8, 4) is 11.3 Å². The Morgan fingerprint density at radius 3 is 2.11 bits per heavy atom. The molecule has 1 heterocycles. The summed E-state index contributed by atoms with van der Waals surface area (Å²) in [5, 5.41) is 8.81. The maximum Gasteiger partial charge on any atom is 0.323 e. The minimum atomic E-state index is -0.317. The van der Waals surface area contributed by atoms with E-state index in [4.69, 9.17) is 0 Å². The van der Waals surface area contributed by atoms with Gasteiger partial charge in [0, 0.05) is 26.7 Å². The molecule has 3 aromatic carbocycles. The van der Waals surface area contributed by atoms with Crippen molar-refractivity contribution in [1.29, 1.82) is 0 Å². The molecule has 0 saturated heterocycles. The van der Waals surface area contributed by atoms with Gasteiger partial charge in [0.1, 0.15) is 0 Å². The average Bonchev–Trinajstić information content (AvgIpc) is 3.21. The number of anilines is 3. The van der Waals surface area contributed by atoms with Crippen molar-refractivity contribution < 1.29 is 9.59 Å². The van der Waals surface area contributed by atoms with Crippen LogP contribution >= 0.6 is 23.1 Å². The van der Waals surface area contributed by atoms with Gasteiger partial charge in [-0.15, -0.1) is 23.1 Å². The van der Waals surface area contributed by atoms with Gasteiger partial charge in [0.25, 0.3) is 0 Å². The molecule has 35 heavy (non-hydrogen) atoms. The second-order valence-electron chi connectivity index (χ2n) is 8.01. The Hall–Kier alpha value is -3.62. The Bertz CT molecular complexity index is 1300. The molecule has 3 amide bonds. The third-order valence-corrected chi connectivity index (χ3v) is 7.18. The molecule has 4 aromatic rings. The van der Waals surface area contributed by atoms with Crippen LogP contribution in [0.4, 0.5) is 21.3 Å². The van der Waals surface area contributed by atoms with Crippen LogP contribution in [0.2, 0.25) is 0 Å². The highest BCUT2D eigenvalue weighted by Crippen LogP contribution is 2.31. The van der Waals surface area contributed by atoms with Crippen LogP contribution in [-0.4, -0.2) is 22.2 Å². The molecule has 4 rings (SSSR count). The third kappa shape index (κ3) is 6.71. The second-order valence-corrected chi connectivity index (χ2v) is 10.6. The van der Waals surface area contributed by atoms with Crippen molar-refractivity contribution in [3.63, 3.8) is 0 Å². The van der Waals surface area contributed by atoms with Crippen LogP contribution in [-0.2, 0) is 4.79 Å². The normalized spacial score (nSPS) is 11.5. The number of para-hydroxylation sites is 1. The molecule has 0 spiro atoms. The van der Waals surface area contributed by atoms with Crippen molar-refractivity contribution in [2.75, 3.05) is 16.0 Å². The quantitative estimate of drug-likeness (QED) is 0.234. The number of aryl methyl sites for hydroxylation is 2. The molecule has 8 heteroatoms. The number of thioether (sulfide) groups is 1. The van der Waals surface area contributed by atoms with Gasteiger partial charge in [0.05, 0.1) is 10.9 Å². The van der Waals surface area contributed by atoms with Gasteiger partial charge in [-0.3, -0.25) is 4.79 Å². The van der Waals surface area contributed by atoms with Crippen LogP contribution in [0.5, 0.6) is 0 Å². The van der Waals surface area contributed by atoms with E-state index in [0.29, 0.717) is 10.8 Å². The lowest BCUT2D eigenvalue weighted by Crippen LogP contribution is -2.22. The highest BCUT2D eigenvalue weighted by molar-refractivity contribution is 8.00. The smallest absolute Gasteiger partial charge is 0.308 e. The Kier molecular flexibility index (Phi) is 7.84. The summed E-state index contributed by atoms with van der Waals surface area (Å²) in [7, 11) is 0. The van der Waals surface area contributed by atoms with E-state index in [9.17, 15) is 9.59 Å². The lowest BCUT2D eigenvalue weighted by Gasteiger charge is -2.11. The number of carbonyl (C=O) groups is 2. The predicted molar refractivity (Wildman–Crippen MR) is 146 cm³/mol. The summed E-state index contributed by atoms with van der Waals surface area (Å²) in [4.78, 5) is 31.6. The van der Waals surface area contributed by atoms with E-state index in [1.54, 1.807) is 0 Å². The molecule has 0 aliphatic heterocycles. The Morgan fingerprint density at radius 2 is 1.46 bits per heavy atom. The lowest BCUT2D eigenvalue weighted by atomic mass is 10.1. The topological polar surface area (TPSA) is 83.1 Å². The first-order valence-corrected chi connectivity index (χ1v) is 12.8. The van der Waals surface area contributed by atoms with E-state index in [0.717, 1.165) is 26.7 Å². The predicted octanol–water partition coefficient (Wildman–Crippen LogP) is 7.19. The van der Waals surface area contributed by atoms with Crippen molar-refractivity contribution in [3.05, 3.63) is 89.3 Å². The number of hydrogen-bond donors (Lipinski definition) is 3. The minimum Gasteiger partial charge on any atom is -0.308 e. The zero-order valence-corrected chi connectivity index (χ0v) is 21.3. The van der Waals surface area contributed by atoms with Gasteiger partial charge >= 0.3 is 6.03 Å². The zero-order chi connectivity index (χ0) is 24.8. The number of amides is 3. The highest BCUT2D eigenvalue weighted by Gasteiger charge is 2.18.